The van der Waals surface area contributed by atoms with Crippen LogP contribution in [0.2, 0.25) is 0 Å². The molecule has 4 nitrogen and oxygen atoms in total. The Morgan fingerprint density at radius 2 is 2.00 bits per heavy atom. The second-order valence-corrected chi connectivity index (χ2v) is 3.24. The van der Waals surface area contributed by atoms with E-state index in [1.807, 2.05) is 7.05 Å². The monoisotopic (exact) mass is 202 g/mol. The van der Waals surface area contributed by atoms with Crippen LogP contribution in [0.4, 0.5) is 0 Å². The van der Waals surface area contributed by atoms with E-state index >= 15 is 0 Å². The van der Waals surface area contributed by atoms with Crippen LogP contribution in [-0.2, 0) is 9.53 Å². The lowest BCUT2D eigenvalue weighted by atomic mass is 10.2. The molecule has 84 valence electrons. The molecule has 0 aliphatic carbocycles. The third-order valence-electron chi connectivity index (χ3n) is 2.08. The number of ether oxygens (including phenoxy) is 1. The molecule has 0 fully saturated rings. The van der Waals surface area contributed by atoms with Crippen molar-refractivity contribution in [3.63, 3.8) is 0 Å². The lowest BCUT2D eigenvalue weighted by Crippen LogP contribution is -2.36. The fraction of sp³-hybridized carbons (Fsp3) is 0.900. The fourth-order valence-corrected chi connectivity index (χ4v) is 1.10. The summed E-state index contributed by atoms with van der Waals surface area (Å²) in [4.78, 5) is 11.3. The molecule has 0 saturated carbocycles. The maximum Gasteiger partial charge on any atom is 0.246 e. The first-order valence-electron chi connectivity index (χ1n) is 5.26. The predicted molar refractivity (Wildman–Crippen MR) is 57.3 cm³/mol. The van der Waals surface area contributed by atoms with Gasteiger partial charge in [-0.2, -0.15) is 0 Å². The van der Waals surface area contributed by atoms with E-state index in [2.05, 4.69) is 24.5 Å². The topological polar surface area (TPSA) is 50.4 Å². The first-order chi connectivity index (χ1) is 6.74. The molecule has 0 aromatic heterocycles. The Morgan fingerprint density at radius 3 is 2.50 bits per heavy atom. The van der Waals surface area contributed by atoms with Gasteiger partial charge in [0.15, 0.2) is 0 Å². The Labute approximate surface area is 86.4 Å². The normalized spacial score (nSPS) is 10.6. The molecule has 0 spiro atoms. The highest BCUT2D eigenvalue weighted by Gasteiger charge is 2.07. The Bertz CT molecular complexity index is 147. The van der Waals surface area contributed by atoms with E-state index in [1.54, 1.807) is 0 Å². The molecule has 2 N–H and O–H groups in total. The zero-order valence-electron chi connectivity index (χ0n) is 9.43. The van der Waals surface area contributed by atoms with E-state index in [0.717, 1.165) is 19.4 Å². The Morgan fingerprint density at radius 1 is 1.36 bits per heavy atom. The number of nitrogens with one attached hydrogen (secondary N) is 2. The molecule has 0 heterocycles. The Kier molecular flexibility index (Phi) is 8.57. The molecule has 0 aliphatic heterocycles. The van der Waals surface area contributed by atoms with Crippen molar-refractivity contribution >= 4 is 5.91 Å². The molecule has 0 aromatic rings. The van der Waals surface area contributed by atoms with Gasteiger partial charge in [0.1, 0.15) is 6.61 Å². The van der Waals surface area contributed by atoms with Gasteiger partial charge in [-0.25, -0.2) is 0 Å². The first kappa shape index (κ1) is 13.4. The van der Waals surface area contributed by atoms with Crippen LogP contribution in [0.3, 0.4) is 0 Å². The minimum Gasteiger partial charge on any atom is -0.370 e. The van der Waals surface area contributed by atoms with E-state index in [0.29, 0.717) is 6.61 Å². The molecule has 0 unspecified atom stereocenters. The van der Waals surface area contributed by atoms with Gasteiger partial charge < -0.3 is 15.4 Å². The lowest BCUT2D eigenvalue weighted by molar-refractivity contribution is -0.126. The summed E-state index contributed by atoms with van der Waals surface area (Å²) in [5.41, 5.74) is 0. The minimum absolute atomic E-state index is 0.0187. The van der Waals surface area contributed by atoms with Crippen LogP contribution in [0.5, 0.6) is 0 Å². The number of rotatable bonds is 8. The van der Waals surface area contributed by atoms with Crippen LogP contribution in [0.25, 0.3) is 0 Å². The van der Waals surface area contributed by atoms with Crippen molar-refractivity contribution in [2.45, 2.75) is 32.7 Å². The van der Waals surface area contributed by atoms with Crippen molar-refractivity contribution in [1.29, 1.82) is 0 Å². The molecular formula is C10H22N2O2. The highest BCUT2D eigenvalue weighted by atomic mass is 16.5. The molecule has 0 aromatic carbocycles. The average molecular weight is 202 g/mol. The summed E-state index contributed by atoms with van der Waals surface area (Å²) in [6.07, 6.45) is 1.94. The van der Waals surface area contributed by atoms with Crippen LogP contribution in [0.1, 0.15) is 26.7 Å². The zero-order chi connectivity index (χ0) is 10.8. The number of carbonyl (C=O) groups is 1. The van der Waals surface area contributed by atoms with E-state index in [4.69, 9.17) is 4.74 Å². The van der Waals surface area contributed by atoms with E-state index in [1.165, 1.54) is 0 Å². The minimum atomic E-state index is -0.0187. The average Bonchev–Trinajstić information content (AvgIpc) is 2.21. The molecule has 0 rings (SSSR count). The molecule has 4 heteroatoms. The largest absolute Gasteiger partial charge is 0.370 e. The van der Waals surface area contributed by atoms with Crippen molar-refractivity contribution < 1.29 is 9.53 Å². The summed E-state index contributed by atoms with van der Waals surface area (Å²) in [6.45, 7) is 5.65. The SMILES string of the molecule is CCC(CC)NC(=O)COCCNC. The van der Waals surface area contributed by atoms with Crippen LogP contribution in [-0.4, -0.2) is 38.8 Å². The maximum absolute atomic E-state index is 11.3. The standard InChI is InChI=1S/C10H22N2O2/c1-4-9(5-2)12-10(13)8-14-7-6-11-3/h9,11H,4-8H2,1-3H3,(H,12,13). The number of hydrogen-bond donors (Lipinski definition) is 2. The third-order valence-corrected chi connectivity index (χ3v) is 2.08. The van der Waals surface area contributed by atoms with Crippen molar-refractivity contribution in [1.82, 2.24) is 10.6 Å². The van der Waals surface area contributed by atoms with Crippen LogP contribution >= 0.6 is 0 Å². The summed E-state index contributed by atoms with van der Waals surface area (Å²) in [7, 11) is 1.85. The van der Waals surface area contributed by atoms with Gasteiger partial charge in [-0.1, -0.05) is 13.8 Å². The fourth-order valence-electron chi connectivity index (χ4n) is 1.10. The van der Waals surface area contributed by atoms with Crippen molar-refractivity contribution in [2.75, 3.05) is 26.8 Å². The molecular weight excluding hydrogens is 180 g/mol. The van der Waals surface area contributed by atoms with E-state index in [9.17, 15) is 4.79 Å². The molecule has 0 bridgehead atoms. The molecule has 0 radical (unpaired) electrons. The summed E-state index contributed by atoms with van der Waals surface area (Å²) >= 11 is 0. The molecule has 1 amide bonds. The summed E-state index contributed by atoms with van der Waals surface area (Å²) in [5.74, 6) is -0.0187. The van der Waals surface area contributed by atoms with E-state index in [-0.39, 0.29) is 18.6 Å². The van der Waals surface area contributed by atoms with Crippen LogP contribution in [0.15, 0.2) is 0 Å². The number of carbonyl (C=O) groups excluding carboxylic acids is 1. The third kappa shape index (κ3) is 6.86. The second kappa shape index (κ2) is 8.97. The lowest BCUT2D eigenvalue weighted by Gasteiger charge is -2.14. The number of hydrogen-bond acceptors (Lipinski definition) is 3. The van der Waals surface area contributed by atoms with Crippen LogP contribution < -0.4 is 10.6 Å². The van der Waals surface area contributed by atoms with Gasteiger partial charge in [-0.3, -0.25) is 4.79 Å². The van der Waals surface area contributed by atoms with Crippen molar-refractivity contribution in [3.05, 3.63) is 0 Å². The first-order valence-corrected chi connectivity index (χ1v) is 5.26. The van der Waals surface area contributed by atoms with Gasteiger partial charge in [0.05, 0.1) is 6.61 Å². The van der Waals surface area contributed by atoms with Crippen molar-refractivity contribution in [3.8, 4) is 0 Å². The summed E-state index contributed by atoms with van der Waals surface area (Å²) in [6, 6.07) is 0.287. The van der Waals surface area contributed by atoms with Gasteiger partial charge in [0.2, 0.25) is 5.91 Å². The molecule has 14 heavy (non-hydrogen) atoms. The van der Waals surface area contributed by atoms with Crippen LogP contribution in [0, 0.1) is 0 Å². The molecule has 0 aliphatic rings. The maximum atomic E-state index is 11.3. The molecule has 0 saturated heterocycles. The predicted octanol–water partition coefficient (Wildman–Crippen LogP) is 0.527. The zero-order valence-corrected chi connectivity index (χ0v) is 9.43. The van der Waals surface area contributed by atoms with Gasteiger partial charge >= 0.3 is 0 Å². The van der Waals surface area contributed by atoms with Gasteiger partial charge in [0, 0.05) is 12.6 Å². The highest BCUT2D eigenvalue weighted by Crippen LogP contribution is 1.95. The van der Waals surface area contributed by atoms with Gasteiger partial charge in [-0.05, 0) is 19.9 Å². The van der Waals surface area contributed by atoms with Gasteiger partial charge in [0.25, 0.3) is 0 Å². The number of likely N-dealkylation sites (N-methyl/N-ethyl adjacent to an activating group) is 1. The molecule has 0 atom stereocenters. The van der Waals surface area contributed by atoms with Crippen molar-refractivity contribution in [2.24, 2.45) is 0 Å². The number of amides is 1. The summed E-state index contributed by atoms with van der Waals surface area (Å²) in [5, 5.41) is 5.86. The Hall–Kier alpha value is -0.610. The Balaban J connectivity index is 3.44. The summed E-state index contributed by atoms with van der Waals surface area (Å²) < 4.78 is 5.15. The van der Waals surface area contributed by atoms with E-state index < -0.39 is 0 Å². The smallest absolute Gasteiger partial charge is 0.246 e. The second-order valence-electron chi connectivity index (χ2n) is 3.24. The quantitative estimate of drug-likeness (QED) is 0.564. The van der Waals surface area contributed by atoms with Gasteiger partial charge in [-0.15, -0.1) is 0 Å². The highest BCUT2D eigenvalue weighted by molar-refractivity contribution is 5.77.